The number of carbonyl (C=O) groups excluding carboxylic acids is 3. The summed E-state index contributed by atoms with van der Waals surface area (Å²) in [5, 5.41) is 26.4. The van der Waals surface area contributed by atoms with E-state index >= 15 is 0 Å². The average molecular weight is 1590 g/mol. The van der Waals surface area contributed by atoms with Gasteiger partial charge in [0.25, 0.3) is 0 Å². The highest BCUT2D eigenvalue weighted by Gasteiger charge is 2.13. The lowest BCUT2D eigenvalue weighted by molar-refractivity contribution is -0.143. The van der Waals surface area contributed by atoms with Crippen molar-refractivity contribution >= 4 is 124 Å². The summed E-state index contributed by atoms with van der Waals surface area (Å²) in [6.07, 6.45) is 0.167. The molecule has 0 saturated carbocycles. The van der Waals surface area contributed by atoms with E-state index in [0.29, 0.717) is 67.6 Å². The number of carboxylic acids is 1. The fraction of sp³-hybridized carbons (Fsp3) is 0.344. The number of aliphatic carboxylic acids is 1. The van der Waals surface area contributed by atoms with E-state index in [9.17, 15) is 41.8 Å². The van der Waals surface area contributed by atoms with Crippen LogP contribution in [0.25, 0.3) is 0 Å². The number of hydrogen-bond donors (Lipinski definition) is 5. The normalized spacial score (nSPS) is 9.72. The lowest BCUT2D eigenvalue weighted by atomic mass is 10.1. The number of aliphatic hydroxyl groups excluding tert-OH is 1. The number of esters is 3. The molecule has 0 spiro atoms. The fourth-order valence-electron chi connectivity index (χ4n) is 6.27. The van der Waals surface area contributed by atoms with Gasteiger partial charge in [-0.15, -0.1) is 70.5 Å². The number of halogens is 10. The van der Waals surface area contributed by atoms with Crippen molar-refractivity contribution in [3.8, 4) is 11.5 Å². The largest absolute Gasteiger partial charge is 0.508 e. The molecule has 0 heterocycles. The molecule has 0 fully saturated rings. The number of phenolic OH excluding ortho intramolecular Hbond substituents is 1. The number of ether oxygens (including phenoxy) is 6. The van der Waals surface area contributed by atoms with Crippen molar-refractivity contribution in [3.63, 3.8) is 0 Å². The van der Waals surface area contributed by atoms with E-state index in [2.05, 4.69) is 80.1 Å². The number of aryl methyl sites for hydroxylation is 2. The van der Waals surface area contributed by atoms with Crippen LogP contribution in [0.3, 0.4) is 0 Å². The van der Waals surface area contributed by atoms with Crippen molar-refractivity contribution in [2.24, 2.45) is 0 Å². The number of aliphatic hydroxyl groups is 1. The van der Waals surface area contributed by atoms with Crippen LogP contribution in [0.5, 0.6) is 11.5 Å². The maximum atomic E-state index is 13.4. The Morgan fingerprint density at radius 1 is 0.533 bits per heavy atom. The van der Waals surface area contributed by atoms with Crippen molar-refractivity contribution < 1.29 is 98.0 Å². The van der Waals surface area contributed by atoms with Gasteiger partial charge in [0.1, 0.15) is 41.4 Å². The van der Waals surface area contributed by atoms with Gasteiger partial charge in [-0.2, -0.15) is 8.42 Å². The molecule has 0 saturated heterocycles. The second-order valence-corrected chi connectivity index (χ2v) is 25.8. The first-order chi connectivity index (χ1) is 42.5. The zero-order valence-electron chi connectivity index (χ0n) is 50.2. The number of carboxylic acid groups (broad SMARTS) is 1. The minimum Gasteiger partial charge on any atom is -0.508 e. The van der Waals surface area contributed by atoms with Crippen molar-refractivity contribution in [2.45, 2.75) is 80.4 Å². The van der Waals surface area contributed by atoms with E-state index in [4.69, 9.17) is 74.6 Å². The highest BCUT2D eigenvalue weighted by Crippen LogP contribution is 2.22. The van der Waals surface area contributed by atoms with Gasteiger partial charge in [0.05, 0.1) is 77.3 Å². The maximum absolute atomic E-state index is 13.4. The summed E-state index contributed by atoms with van der Waals surface area (Å²) in [5.74, 6) is -3.42. The van der Waals surface area contributed by atoms with Crippen molar-refractivity contribution in [1.82, 2.24) is 0 Å². The molecular weight excluding hydrogens is 1510 g/mol. The number of phenols is 1. The summed E-state index contributed by atoms with van der Waals surface area (Å²) in [6.45, 7) is 14.2. The van der Waals surface area contributed by atoms with E-state index < -0.39 is 34.0 Å². The van der Waals surface area contributed by atoms with Gasteiger partial charge in [-0.05, 0) is 111 Å². The molecule has 6 aromatic carbocycles. The summed E-state index contributed by atoms with van der Waals surface area (Å²) in [7, 11) is -4.67. The molecule has 6 rings (SSSR count). The molecule has 6 aromatic rings. The minimum absolute atomic E-state index is 0.0417. The average Bonchev–Trinajstić information content (AvgIpc) is 1.57. The molecule has 500 valence electrons. The Morgan fingerprint density at radius 2 is 0.856 bits per heavy atom. The predicted molar refractivity (Wildman–Crippen MR) is 357 cm³/mol. The Kier molecular flexibility index (Phi) is 56.0. The molecule has 0 bridgehead atoms. The Bertz CT molecular complexity index is 2930. The second kappa shape index (κ2) is 56.6. The van der Waals surface area contributed by atoms with Crippen LogP contribution < -0.4 is 4.74 Å². The Labute approximate surface area is 567 Å². The van der Waals surface area contributed by atoms with Crippen LogP contribution >= 0.6 is 86.4 Å². The topological polar surface area (TPSA) is 259 Å². The van der Waals surface area contributed by atoms with E-state index in [1.54, 1.807) is 47.6 Å². The highest BCUT2D eigenvalue weighted by molar-refractivity contribution is 9.69. The highest BCUT2D eigenvalue weighted by atomic mass is 79.9. The summed E-state index contributed by atoms with van der Waals surface area (Å²) in [5.41, 5.74) is 6.19. The Morgan fingerprint density at radius 3 is 1.21 bits per heavy atom. The maximum Gasteiger partial charge on any atom is 0.394 e. The number of aromatic hydroxyl groups is 1. The SMILES string of the molecule is BrB(Br)Br.BrCCOCc1ccccc1.CCO.CCOC(=O)Cc1ccc(F)cc1C.CCOC(=O)Cc1ccc(F)cc1O.CCOC(=O)Cc1ccc(F)cc1OCCOCc1ccccc1.Cc1cc(F)ccc1CC(=O)O.ClCCl.O=S(=O)(O)O. The first-order valence-corrected chi connectivity index (χ1v) is 33.1. The third-order valence-electron chi connectivity index (χ3n) is 9.88. The van der Waals surface area contributed by atoms with Gasteiger partial charge in [0, 0.05) is 35.2 Å². The van der Waals surface area contributed by atoms with Crippen molar-refractivity contribution in [3.05, 3.63) is 201 Å². The lowest BCUT2D eigenvalue weighted by Gasteiger charge is -2.12. The van der Waals surface area contributed by atoms with E-state index in [1.165, 1.54) is 66.2 Å². The minimum atomic E-state index is -4.67. The van der Waals surface area contributed by atoms with Crippen molar-refractivity contribution in [2.75, 3.05) is 56.9 Å². The van der Waals surface area contributed by atoms with E-state index in [1.807, 2.05) is 48.5 Å². The van der Waals surface area contributed by atoms with Crippen LogP contribution in [-0.4, -0.2) is 117 Å². The lowest BCUT2D eigenvalue weighted by Crippen LogP contribution is -2.11. The number of rotatable bonds is 21. The molecule has 29 heteroatoms. The summed E-state index contributed by atoms with van der Waals surface area (Å²) >= 11 is 22.1. The first-order valence-electron chi connectivity index (χ1n) is 26.8. The number of carbonyl (C=O) groups is 4. The zero-order chi connectivity index (χ0) is 68.9. The van der Waals surface area contributed by atoms with Crippen LogP contribution in [0.15, 0.2) is 133 Å². The van der Waals surface area contributed by atoms with Gasteiger partial charge >= 0.3 is 37.5 Å². The molecule has 0 aromatic heterocycles. The third kappa shape index (κ3) is 54.6. The van der Waals surface area contributed by atoms with Crippen LogP contribution in [0.1, 0.15) is 72.2 Å². The van der Waals surface area contributed by atoms with E-state index in [0.717, 1.165) is 34.7 Å². The summed E-state index contributed by atoms with van der Waals surface area (Å²) in [6, 6.07) is 36.1. The summed E-state index contributed by atoms with van der Waals surface area (Å²) < 4.78 is 114. The molecule has 17 nitrogen and oxygen atoms in total. The quantitative estimate of drug-likeness (QED) is 0.00853. The molecule has 0 aliphatic carbocycles. The third-order valence-corrected chi connectivity index (χ3v) is 10.2. The molecule has 0 radical (unpaired) electrons. The van der Waals surface area contributed by atoms with Crippen LogP contribution in [0, 0.1) is 37.1 Å². The van der Waals surface area contributed by atoms with Gasteiger partial charge in [0.2, 0.25) is 0 Å². The van der Waals surface area contributed by atoms with Crippen LogP contribution in [-0.2, 0) is 92.2 Å². The Balaban J connectivity index is -0.00000102. The van der Waals surface area contributed by atoms with Gasteiger partial charge in [-0.1, -0.05) is 101 Å². The van der Waals surface area contributed by atoms with Crippen LogP contribution in [0.4, 0.5) is 17.6 Å². The monoisotopic (exact) mass is 1580 g/mol. The Hall–Kier alpha value is -5.17. The van der Waals surface area contributed by atoms with Crippen LogP contribution in [0.2, 0.25) is 0 Å². The molecule has 0 aliphatic heterocycles. The first kappa shape index (κ1) is 89.0. The fourth-order valence-corrected chi connectivity index (χ4v) is 6.50. The smallest absolute Gasteiger partial charge is 0.394 e. The molecule has 0 unspecified atom stereocenters. The van der Waals surface area contributed by atoms with Gasteiger partial charge in [0.15, 0.2) is 0 Å². The second-order valence-electron chi connectivity index (χ2n) is 16.9. The number of benzene rings is 6. The standard InChI is InChI=1S/C19H21FO4.C11H13FO2.C10H11FO3.C9H11BrO.C9H9FO2.C2H6O.CH2Cl2.BBr3.H2O4S/c1-2-23-19(21)12-16-8-9-17(20)13-18(16)24-11-10-22-14-15-6-4-3-5-7-15;1-3-14-11(13)7-9-4-5-10(12)6-8(9)2;1-2-14-10(13)5-7-3-4-8(11)6-9(7)12;10-6-7-11-8-9-4-2-1-3-5-9;1-6-4-8(10)3-2-7(6)5-9(11)12;1-2-3;2-1-3;2-1(3)4;1-5(2,3)4/h3-9,13H,2,10-12,14H2,1H3;4-6H,3,7H2,1-2H3;3-4,6,12H,2,5H2,1H3;1-5H,6-8H2;2-4H,5H2,1H3,(H,11,12);3H,2H2,1H3;1H2;;(H2,1,2,3,4). The molecule has 90 heavy (non-hydrogen) atoms. The van der Waals surface area contributed by atoms with Gasteiger partial charge in [-0.25, -0.2) is 17.6 Å². The molecule has 0 atom stereocenters. The molecular formula is C61H75BBr4Cl2F4O17S. The van der Waals surface area contributed by atoms with Crippen molar-refractivity contribution in [1.29, 1.82) is 0 Å². The zero-order valence-corrected chi connectivity index (χ0v) is 58.9. The van der Waals surface area contributed by atoms with E-state index in [-0.39, 0.29) is 76.7 Å². The molecule has 0 aliphatic rings. The van der Waals surface area contributed by atoms with Gasteiger partial charge in [-0.3, -0.25) is 28.3 Å². The number of hydrogen-bond acceptors (Lipinski definition) is 14. The van der Waals surface area contributed by atoms with Gasteiger partial charge < -0.3 is 43.7 Å². The number of alkyl halides is 3. The molecule has 0 amide bonds. The predicted octanol–water partition coefficient (Wildman–Crippen LogP) is 14.7. The molecule has 5 N–H and O–H groups in total. The summed E-state index contributed by atoms with van der Waals surface area (Å²) in [4.78, 5) is 44.1.